The van der Waals surface area contributed by atoms with Crippen LogP contribution in [0.25, 0.3) is 0 Å². The van der Waals surface area contributed by atoms with E-state index in [4.69, 9.17) is 0 Å². The molecule has 1 spiro atoms. The molecule has 0 radical (unpaired) electrons. The highest BCUT2D eigenvalue weighted by molar-refractivity contribution is 5.85. The minimum atomic E-state index is 0. The van der Waals surface area contributed by atoms with Crippen molar-refractivity contribution in [2.45, 2.75) is 44.9 Å². The first-order valence-electron chi connectivity index (χ1n) is 7.26. The largest absolute Gasteiger partial charge is 0.342 e. The van der Waals surface area contributed by atoms with E-state index < -0.39 is 0 Å². The Morgan fingerprint density at radius 3 is 2.56 bits per heavy atom. The molecule has 0 bridgehead atoms. The van der Waals surface area contributed by atoms with Crippen molar-refractivity contribution in [3.8, 4) is 0 Å². The number of nitrogens with one attached hydrogen (secondary N) is 1. The zero-order chi connectivity index (χ0) is 11.7. The summed E-state index contributed by atoms with van der Waals surface area (Å²) in [5, 5.41) is 3.43. The van der Waals surface area contributed by atoms with Gasteiger partial charge in [0.1, 0.15) is 0 Å². The van der Waals surface area contributed by atoms with E-state index >= 15 is 0 Å². The van der Waals surface area contributed by atoms with Crippen molar-refractivity contribution in [3.05, 3.63) is 0 Å². The van der Waals surface area contributed by atoms with E-state index in [2.05, 4.69) is 10.2 Å². The molecule has 0 aromatic rings. The van der Waals surface area contributed by atoms with Gasteiger partial charge in [0.2, 0.25) is 5.91 Å². The zero-order valence-corrected chi connectivity index (χ0v) is 11.9. The molecule has 1 saturated carbocycles. The quantitative estimate of drug-likeness (QED) is 0.836. The average Bonchev–Trinajstić information content (AvgIpc) is 2.68. The first-order chi connectivity index (χ1) is 8.27. The monoisotopic (exact) mass is 272 g/mol. The summed E-state index contributed by atoms with van der Waals surface area (Å²) in [7, 11) is 0. The van der Waals surface area contributed by atoms with Gasteiger partial charge in [-0.3, -0.25) is 4.79 Å². The van der Waals surface area contributed by atoms with Crippen LogP contribution in [0.1, 0.15) is 44.9 Å². The molecular formula is C14H25ClN2O. The van der Waals surface area contributed by atoms with Gasteiger partial charge in [0.05, 0.1) is 0 Å². The number of carbonyl (C=O) groups is 1. The fourth-order valence-electron chi connectivity index (χ4n) is 3.59. The number of rotatable bonds is 2. The lowest BCUT2D eigenvalue weighted by molar-refractivity contribution is -0.132. The molecule has 2 saturated heterocycles. The molecule has 18 heavy (non-hydrogen) atoms. The first-order valence-corrected chi connectivity index (χ1v) is 7.26. The fraction of sp³-hybridized carbons (Fsp3) is 0.929. The lowest BCUT2D eigenvalue weighted by Gasteiger charge is -2.34. The second-order valence-corrected chi connectivity index (χ2v) is 6.32. The molecule has 2 aliphatic heterocycles. The van der Waals surface area contributed by atoms with Gasteiger partial charge in [-0.05, 0) is 56.5 Å². The molecule has 3 rings (SSSR count). The second-order valence-electron chi connectivity index (χ2n) is 6.32. The van der Waals surface area contributed by atoms with Gasteiger partial charge in [0, 0.05) is 19.5 Å². The molecule has 0 unspecified atom stereocenters. The summed E-state index contributed by atoms with van der Waals surface area (Å²) in [6, 6.07) is 0. The number of amides is 1. The molecule has 104 valence electrons. The number of hydrogen-bond donors (Lipinski definition) is 1. The summed E-state index contributed by atoms with van der Waals surface area (Å²) in [6.45, 7) is 4.35. The highest BCUT2D eigenvalue weighted by atomic mass is 35.5. The molecule has 2 heterocycles. The lowest BCUT2D eigenvalue weighted by atomic mass is 9.78. The SMILES string of the molecule is Cl.O=C(CC1CCC1)N1CCC2(CCNCC2)C1. The van der Waals surface area contributed by atoms with Crippen molar-refractivity contribution in [3.63, 3.8) is 0 Å². The number of carbonyl (C=O) groups excluding carboxylic acids is 1. The van der Waals surface area contributed by atoms with Crippen LogP contribution in [0.15, 0.2) is 0 Å². The summed E-state index contributed by atoms with van der Waals surface area (Å²) in [4.78, 5) is 14.3. The van der Waals surface area contributed by atoms with Crippen LogP contribution in [-0.4, -0.2) is 37.0 Å². The van der Waals surface area contributed by atoms with Crippen LogP contribution in [0.4, 0.5) is 0 Å². The van der Waals surface area contributed by atoms with Gasteiger partial charge in [-0.25, -0.2) is 0 Å². The van der Waals surface area contributed by atoms with E-state index in [1.54, 1.807) is 0 Å². The van der Waals surface area contributed by atoms with Crippen LogP contribution >= 0.6 is 12.4 Å². The molecule has 3 fully saturated rings. The Hall–Kier alpha value is -0.280. The van der Waals surface area contributed by atoms with Gasteiger partial charge >= 0.3 is 0 Å². The number of hydrogen-bond acceptors (Lipinski definition) is 2. The molecular weight excluding hydrogens is 248 g/mol. The maximum atomic E-state index is 12.2. The lowest BCUT2D eigenvalue weighted by Crippen LogP contribution is -2.40. The van der Waals surface area contributed by atoms with Gasteiger partial charge in [0.25, 0.3) is 0 Å². The van der Waals surface area contributed by atoms with E-state index in [0.717, 1.165) is 32.6 Å². The maximum absolute atomic E-state index is 12.2. The topological polar surface area (TPSA) is 32.3 Å². The zero-order valence-electron chi connectivity index (χ0n) is 11.1. The van der Waals surface area contributed by atoms with Crippen molar-refractivity contribution in [2.24, 2.45) is 11.3 Å². The normalized spacial score (nSPS) is 26.8. The molecule has 3 aliphatic rings. The highest BCUT2D eigenvalue weighted by Gasteiger charge is 2.40. The third-order valence-corrected chi connectivity index (χ3v) is 5.14. The van der Waals surface area contributed by atoms with Gasteiger partial charge in [-0.1, -0.05) is 6.42 Å². The van der Waals surface area contributed by atoms with Crippen LogP contribution < -0.4 is 5.32 Å². The van der Waals surface area contributed by atoms with Crippen LogP contribution in [0.5, 0.6) is 0 Å². The van der Waals surface area contributed by atoms with Crippen molar-refractivity contribution in [2.75, 3.05) is 26.2 Å². The van der Waals surface area contributed by atoms with E-state index in [1.807, 2.05) is 0 Å². The molecule has 1 N–H and O–H groups in total. The molecule has 0 aromatic heterocycles. The molecule has 1 aliphatic carbocycles. The van der Waals surface area contributed by atoms with E-state index in [-0.39, 0.29) is 12.4 Å². The molecule has 0 aromatic carbocycles. The van der Waals surface area contributed by atoms with E-state index in [1.165, 1.54) is 38.5 Å². The third-order valence-electron chi connectivity index (χ3n) is 5.14. The minimum absolute atomic E-state index is 0. The second kappa shape index (κ2) is 5.79. The fourth-order valence-corrected chi connectivity index (χ4v) is 3.59. The first kappa shape index (κ1) is 14.1. The number of nitrogens with zero attached hydrogens (tertiary/aromatic N) is 1. The van der Waals surface area contributed by atoms with Crippen molar-refractivity contribution in [1.82, 2.24) is 10.2 Å². The molecule has 3 nitrogen and oxygen atoms in total. The number of likely N-dealkylation sites (tertiary alicyclic amines) is 1. The van der Waals surface area contributed by atoms with Gasteiger partial charge in [-0.15, -0.1) is 12.4 Å². The Morgan fingerprint density at radius 2 is 1.94 bits per heavy atom. The number of piperidine rings is 1. The Balaban J connectivity index is 0.00000120. The molecule has 1 amide bonds. The smallest absolute Gasteiger partial charge is 0.222 e. The predicted octanol–water partition coefficient (Wildman–Crippen LogP) is 2.20. The standard InChI is InChI=1S/C14H24N2O.ClH/c17-13(10-12-2-1-3-12)16-9-6-14(11-16)4-7-15-8-5-14;/h12,15H,1-11H2;1H. The minimum Gasteiger partial charge on any atom is -0.342 e. The summed E-state index contributed by atoms with van der Waals surface area (Å²) in [6.07, 6.45) is 8.51. The van der Waals surface area contributed by atoms with Gasteiger partial charge in [-0.2, -0.15) is 0 Å². The number of halogens is 1. The van der Waals surface area contributed by atoms with Crippen molar-refractivity contribution < 1.29 is 4.79 Å². The summed E-state index contributed by atoms with van der Waals surface area (Å²) in [5.74, 6) is 1.15. The Labute approximate surface area is 116 Å². The highest BCUT2D eigenvalue weighted by Crippen LogP contribution is 2.39. The van der Waals surface area contributed by atoms with E-state index in [9.17, 15) is 4.79 Å². The Bertz CT molecular complexity index is 298. The predicted molar refractivity (Wildman–Crippen MR) is 74.9 cm³/mol. The average molecular weight is 273 g/mol. The Morgan fingerprint density at radius 1 is 1.22 bits per heavy atom. The van der Waals surface area contributed by atoms with Gasteiger partial charge < -0.3 is 10.2 Å². The summed E-state index contributed by atoms with van der Waals surface area (Å²) < 4.78 is 0. The van der Waals surface area contributed by atoms with Crippen LogP contribution in [0.2, 0.25) is 0 Å². The van der Waals surface area contributed by atoms with E-state index in [0.29, 0.717) is 17.2 Å². The van der Waals surface area contributed by atoms with Gasteiger partial charge in [0.15, 0.2) is 0 Å². The van der Waals surface area contributed by atoms with Crippen LogP contribution in [0, 0.1) is 11.3 Å². The van der Waals surface area contributed by atoms with Crippen LogP contribution in [0.3, 0.4) is 0 Å². The molecule has 4 heteroatoms. The summed E-state index contributed by atoms with van der Waals surface area (Å²) >= 11 is 0. The van der Waals surface area contributed by atoms with Crippen molar-refractivity contribution in [1.29, 1.82) is 0 Å². The maximum Gasteiger partial charge on any atom is 0.222 e. The van der Waals surface area contributed by atoms with Crippen LogP contribution in [-0.2, 0) is 4.79 Å². The molecule has 0 atom stereocenters. The third kappa shape index (κ3) is 2.83. The Kier molecular flexibility index (Phi) is 4.54. The summed E-state index contributed by atoms with van der Waals surface area (Å²) in [5.41, 5.74) is 0.473. The van der Waals surface area contributed by atoms with Crippen molar-refractivity contribution >= 4 is 18.3 Å².